The average Bonchev–Trinajstić information content (AvgIpc) is 2.50. The fourth-order valence-electron chi connectivity index (χ4n) is 2.55. The van der Waals surface area contributed by atoms with Gasteiger partial charge in [-0.2, -0.15) is 0 Å². The lowest BCUT2D eigenvalue weighted by Gasteiger charge is -2.24. The highest BCUT2D eigenvalue weighted by Gasteiger charge is 2.17. The molecule has 106 valence electrons. The lowest BCUT2D eigenvalue weighted by atomic mass is 9.98. The molecule has 0 saturated carbocycles. The highest BCUT2D eigenvalue weighted by atomic mass is 16.5. The summed E-state index contributed by atoms with van der Waals surface area (Å²) in [5.41, 5.74) is 3.75. The summed E-state index contributed by atoms with van der Waals surface area (Å²) in [6.45, 7) is 4.87. The SMILES string of the molecule is CCOC(C)C(NC)c1ccc(-c2ccccc2)cc1. The first kappa shape index (κ1) is 14.8. The lowest BCUT2D eigenvalue weighted by Crippen LogP contribution is -2.29. The summed E-state index contributed by atoms with van der Waals surface area (Å²) in [5, 5.41) is 3.34. The molecule has 2 aromatic rings. The molecule has 2 nitrogen and oxygen atoms in total. The van der Waals surface area contributed by atoms with E-state index in [0.717, 1.165) is 6.61 Å². The lowest BCUT2D eigenvalue weighted by molar-refractivity contribution is 0.0493. The Kier molecular flexibility index (Phi) is 5.33. The van der Waals surface area contributed by atoms with Crippen molar-refractivity contribution in [2.45, 2.75) is 26.0 Å². The molecule has 2 unspecified atom stereocenters. The molecular weight excluding hydrogens is 246 g/mol. The van der Waals surface area contributed by atoms with Crippen LogP contribution in [0.1, 0.15) is 25.5 Å². The Morgan fingerprint density at radius 2 is 1.55 bits per heavy atom. The standard InChI is InChI=1S/C18H23NO/c1-4-20-14(2)18(19-3)17-12-10-16(11-13-17)15-8-6-5-7-9-15/h5-14,18-19H,4H2,1-3H3. The highest BCUT2D eigenvalue weighted by Crippen LogP contribution is 2.24. The number of hydrogen-bond donors (Lipinski definition) is 1. The van der Waals surface area contributed by atoms with Gasteiger partial charge in [0.2, 0.25) is 0 Å². The van der Waals surface area contributed by atoms with Crippen LogP contribution >= 0.6 is 0 Å². The van der Waals surface area contributed by atoms with Crippen LogP contribution in [0.25, 0.3) is 11.1 Å². The molecule has 0 saturated heterocycles. The molecule has 0 aliphatic rings. The predicted molar refractivity (Wildman–Crippen MR) is 84.8 cm³/mol. The summed E-state index contributed by atoms with van der Waals surface area (Å²) in [6, 6.07) is 19.4. The molecule has 20 heavy (non-hydrogen) atoms. The molecule has 0 aliphatic carbocycles. The van der Waals surface area contributed by atoms with E-state index in [0.29, 0.717) is 0 Å². The third-order valence-electron chi connectivity index (χ3n) is 3.59. The van der Waals surface area contributed by atoms with E-state index in [2.05, 4.69) is 60.8 Å². The summed E-state index contributed by atoms with van der Waals surface area (Å²) >= 11 is 0. The van der Waals surface area contributed by atoms with Crippen LogP contribution in [0.15, 0.2) is 54.6 Å². The van der Waals surface area contributed by atoms with Gasteiger partial charge in [0.05, 0.1) is 12.1 Å². The number of rotatable bonds is 6. The van der Waals surface area contributed by atoms with Gasteiger partial charge in [0.1, 0.15) is 0 Å². The second-order valence-corrected chi connectivity index (χ2v) is 4.91. The topological polar surface area (TPSA) is 21.3 Å². The van der Waals surface area contributed by atoms with Crippen LogP contribution in [0.2, 0.25) is 0 Å². The monoisotopic (exact) mass is 269 g/mol. The fraction of sp³-hybridized carbons (Fsp3) is 0.333. The largest absolute Gasteiger partial charge is 0.377 e. The van der Waals surface area contributed by atoms with Crippen LogP contribution in [0, 0.1) is 0 Å². The van der Waals surface area contributed by atoms with Gasteiger partial charge in [-0.1, -0.05) is 54.6 Å². The summed E-state index contributed by atoms with van der Waals surface area (Å²) in [7, 11) is 1.98. The zero-order valence-corrected chi connectivity index (χ0v) is 12.5. The van der Waals surface area contributed by atoms with Gasteiger partial charge < -0.3 is 10.1 Å². The van der Waals surface area contributed by atoms with Gasteiger partial charge in [0, 0.05) is 6.61 Å². The Morgan fingerprint density at radius 3 is 2.10 bits per heavy atom. The molecule has 2 rings (SSSR count). The zero-order valence-electron chi connectivity index (χ0n) is 12.5. The Bertz CT molecular complexity index is 507. The van der Waals surface area contributed by atoms with Crippen LogP contribution in [0.4, 0.5) is 0 Å². The number of nitrogens with one attached hydrogen (secondary N) is 1. The number of ether oxygens (including phenoxy) is 1. The molecule has 0 aliphatic heterocycles. The number of hydrogen-bond acceptors (Lipinski definition) is 2. The van der Waals surface area contributed by atoms with Crippen LogP contribution in [0.3, 0.4) is 0 Å². The van der Waals surface area contributed by atoms with E-state index in [1.165, 1.54) is 16.7 Å². The number of benzene rings is 2. The first-order valence-corrected chi connectivity index (χ1v) is 7.20. The van der Waals surface area contributed by atoms with Crippen molar-refractivity contribution in [2.24, 2.45) is 0 Å². The van der Waals surface area contributed by atoms with E-state index in [1.54, 1.807) is 0 Å². The molecule has 0 radical (unpaired) electrons. The Hall–Kier alpha value is -1.64. The Balaban J connectivity index is 2.18. The Labute approximate surface area is 121 Å². The van der Waals surface area contributed by atoms with E-state index < -0.39 is 0 Å². The molecule has 2 heteroatoms. The van der Waals surface area contributed by atoms with Crippen molar-refractivity contribution in [1.29, 1.82) is 0 Å². The van der Waals surface area contributed by atoms with E-state index in [1.807, 2.05) is 20.0 Å². The fourth-order valence-corrected chi connectivity index (χ4v) is 2.55. The molecule has 0 spiro atoms. The van der Waals surface area contributed by atoms with Gasteiger partial charge in [0.15, 0.2) is 0 Å². The molecule has 0 aromatic heterocycles. The van der Waals surface area contributed by atoms with E-state index in [-0.39, 0.29) is 12.1 Å². The maximum Gasteiger partial charge on any atom is 0.0741 e. The van der Waals surface area contributed by atoms with Gasteiger partial charge in [-0.05, 0) is 37.6 Å². The minimum Gasteiger partial charge on any atom is -0.377 e. The van der Waals surface area contributed by atoms with Gasteiger partial charge in [-0.15, -0.1) is 0 Å². The number of likely N-dealkylation sites (N-methyl/N-ethyl adjacent to an activating group) is 1. The quantitative estimate of drug-likeness (QED) is 0.854. The Morgan fingerprint density at radius 1 is 0.950 bits per heavy atom. The first-order valence-electron chi connectivity index (χ1n) is 7.20. The average molecular weight is 269 g/mol. The highest BCUT2D eigenvalue weighted by molar-refractivity contribution is 5.63. The maximum absolute atomic E-state index is 5.70. The summed E-state index contributed by atoms with van der Waals surface area (Å²) in [5.74, 6) is 0. The van der Waals surface area contributed by atoms with Crippen LogP contribution in [0.5, 0.6) is 0 Å². The normalized spacial score (nSPS) is 13.9. The van der Waals surface area contributed by atoms with Crippen molar-refractivity contribution < 1.29 is 4.74 Å². The molecule has 0 bridgehead atoms. The second-order valence-electron chi connectivity index (χ2n) is 4.91. The molecule has 0 amide bonds. The van der Waals surface area contributed by atoms with Gasteiger partial charge in [-0.3, -0.25) is 0 Å². The van der Waals surface area contributed by atoms with Crippen molar-refractivity contribution in [2.75, 3.05) is 13.7 Å². The van der Waals surface area contributed by atoms with Gasteiger partial charge in [-0.25, -0.2) is 0 Å². The van der Waals surface area contributed by atoms with Gasteiger partial charge in [0.25, 0.3) is 0 Å². The van der Waals surface area contributed by atoms with Crippen LogP contribution < -0.4 is 5.32 Å². The predicted octanol–water partition coefficient (Wildman–Crippen LogP) is 4.04. The molecule has 1 N–H and O–H groups in total. The maximum atomic E-state index is 5.70. The third kappa shape index (κ3) is 3.47. The van der Waals surface area contributed by atoms with E-state index >= 15 is 0 Å². The smallest absolute Gasteiger partial charge is 0.0741 e. The van der Waals surface area contributed by atoms with Crippen molar-refractivity contribution in [3.05, 3.63) is 60.2 Å². The van der Waals surface area contributed by atoms with Crippen molar-refractivity contribution in [3.8, 4) is 11.1 Å². The molecule has 0 fully saturated rings. The summed E-state index contributed by atoms with van der Waals surface area (Å²) in [6.07, 6.45) is 0.160. The molecule has 2 atom stereocenters. The van der Waals surface area contributed by atoms with Crippen molar-refractivity contribution in [1.82, 2.24) is 5.32 Å². The third-order valence-corrected chi connectivity index (χ3v) is 3.59. The minimum absolute atomic E-state index is 0.160. The van der Waals surface area contributed by atoms with Crippen LogP contribution in [-0.4, -0.2) is 19.8 Å². The molecule has 0 heterocycles. The van der Waals surface area contributed by atoms with Crippen LogP contribution in [-0.2, 0) is 4.74 Å². The molecule has 2 aromatic carbocycles. The van der Waals surface area contributed by atoms with E-state index in [9.17, 15) is 0 Å². The van der Waals surface area contributed by atoms with Gasteiger partial charge >= 0.3 is 0 Å². The zero-order chi connectivity index (χ0) is 14.4. The summed E-state index contributed by atoms with van der Waals surface area (Å²) in [4.78, 5) is 0. The second kappa shape index (κ2) is 7.22. The molecular formula is C18H23NO. The summed E-state index contributed by atoms with van der Waals surface area (Å²) < 4.78 is 5.70. The first-order chi connectivity index (χ1) is 9.76. The minimum atomic E-state index is 0.160. The van der Waals surface area contributed by atoms with Crippen molar-refractivity contribution in [3.63, 3.8) is 0 Å². The van der Waals surface area contributed by atoms with E-state index in [4.69, 9.17) is 4.74 Å². The van der Waals surface area contributed by atoms with Crippen molar-refractivity contribution >= 4 is 0 Å².